The van der Waals surface area contributed by atoms with Crippen molar-refractivity contribution in [3.63, 3.8) is 0 Å². The van der Waals surface area contributed by atoms with Crippen LogP contribution in [0.25, 0.3) is 10.8 Å². The smallest absolute Gasteiger partial charge is 0.270 e. The van der Waals surface area contributed by atoms with Gasteiger partial charge in [-0.25, -0.2) is 13.8 Å². The average Bonchev–Trinajstić information content (AvgIpc) is 2.60. The van der Waals surface area contributed by atoms with E-state index in [4.69, 9.17) is 4.74 Å². The molecule has 1 aliphatic rings. The molecule has 0 radical (unpaired) electrons. The number of nitrogens with one attached hydrogen (secondary N) is 1. The first-order chi connectivity index (χ1) is 13.0. The van der Waals surface area contributed by atoms with E-state index in [0.29, 0.717) is 17.4 Å². The molecule has 0 atom stereocenters. The minimum atomic E-state index is -2.85. The highest BCUT2D eigenvalue weighted by atomic mass is 19.3. The van der Waals surface area contributed by atoms with E-state index in [1.165, 1.54) is 37.0 Å². The minimum absolute atomic E-state index is 0.00858. The van der Waals surface area contributed by atoms with Gasteiger partial charge in [0.15, 0.2) is 0 Å². The molecule has 0 spiro atoms. The second-order valence-corrected chi connectivity index (χ2v) is 7.19. The van der Waals surface area contributed by atoms with Gasteiger partial charge in [0.1, 0.15) is 11.6 Å². The third-order valence-electron chi connectivity index (χ3n) is 5.31. The van der Waals surface area contributed by atoms with Gasteiger partial charge in [-0.05, 0) is 60.0 Å². The van der Waals surface area contributed by atoms with Gasteiger partial charge < -0.3 is 10.1 Å². The first kappa shape index (κ1) is 17.7. The number of aromatic nitrogens is 1. The molecule has 1 heterocycles. The molecule has 0 unspecified atom stereocenters. The first-order valence-electron chi connectivity index (χ1n) is 9.18. The van der Waals surface area contributed by atoms with Crippen molar-refractivity contribution in [3.8, 4) is 5.75 Å². The summed E-state index contributed by atoms with van der Waals surface area (Å²) in [5.74, 6) is -0.718. The molecule has 1 aromatic heterocycles. The van der Waals surface area contributed by atoms with Gasteiger partial charge in [0.2, 0.25) is 0 Å². The van der Waals surface area contributed by atoms with Crippen molar-refractivity contribution < 1.29 is 13.5 Å². The lowest BCUT2D eigenvalue weighted by Gasteiger charge is -2.27. The Bertz CT molecular complexity index is 960. The van der Waals surface area contributed by atoms with E-state index in [1.807, 2.05) is 12.1 Å². The number of fused-ring (bicyclic) bond motifs is 1. The van der Waals surface area contributed by atoms with Crippen molar-refractivity contribution in [1.82, 2.24) is 4.98 Å². The number of anilines is 2. The maximum absolute atomic E-state index is 13.4. The third kappa shape index (κ3) is 3.46. The second-order valence-electron chi connectivity index (χ2n) is 7.19. The standard InChI is InChI=1S/C22H22F2N2O/c1-22(23,24)16-6-8-17(9-7-16)26-21-19-13-20(27-2)18(14-4-3-5-14)12-15(19)10-11-25-21/h6-14H,3-5H2,1-2H3,(H,25,26). The summed E-state index contributed by atoms with van der Waals surface area (Å²) >= 11 is 0. The summed E-state index contributed by atoms with van der Waals surface area (Å²) in [5.41, 5.74) is 1.96. The number of nitrogens with zero attached hydrogens (tertiary/aromatic N) is 1. The van der Waals surface area contributed by atoms with Crippen molar-refractivity contribution in [1.29, 1.82) is 0 Å². The van der Waals surface area contributed by atoms with E-state index in [9.17, 15) is 8.78 Å². The molecule has 3 nitrogen and oxygen atoms in total. The van der Waals surface area contributed by atoms with E-state index in [-0.39, 0.29) is 5.56 Å². The van der Waals surface area contributed by atoms with Crippen molar-refractivity contribution >= 4 is 22.3 Å². The van der Waals surface area contributed by atoms with Gasteiger partial charge in [-0.3, -0.25) is 0 Å². The summed E-state index contributed by atoms with van der Waals surface area (Å²) in [4.78, 5) is 4.44. The molecule has 1 saturated carbocycles. The normalized spacial score (nSPS) is 14.8. The molecule has 1 aliphatic carbocycles. The first-order valence-corrected chi connectivity index (χ1v) is 9.18. The second kappa shape index (κ2) is 6.80. The van der Waals surface area contributed by atoms with Crippen LogP contribution in [0.4, 0.5) is 20.3 Å². The van der Waals surface area contributed by atoms with Gasteiger partial charge >= 0.3 is 0 Å². The van der Waals surface area contributed by atoms with Gasteiger partial charge in [-0.15, -0.1) is 0 Å². The van der Waals surface area contributed by atoms with Crippen molar-refractivity contribution in [2.75, 3.05) is 12.4 Å². The Balaban J connectivity index is 1.69. The topological polar surface area (TPSA) is 34.1 Å². The summed E-state index contributed by atoms with van der Waals surface area (Å²) in [6, 6.07) is 12.4. The van der Waals surface area contributed by atoms with Crippen molar-refractivity contribution in [2.45, 2.75) is 38.0 Å². The Morgan fingerprint density at radius 1 is 1.11 bits per heavy atom. The fraction of sp³-hybridized carbons (Fsp3) is 0.318. The SMILES string of the molecule is COc1cc2c(Nc3ccc(C(C)(F)F)cc3)nccc2cc1C1CCC1. The predicted octanol–water partition coefficient (Wildman–Crippen LogP) is 6.37. The molecule has 2 aromatic carbocycles. The Hall–Kier alpha value is -2.69. The summed E-state index contributed by atoms with van der Waals surface area (Å²) in [6.45, 7) is 0.896. The van der Waals surface area contributed by atoms with Crippen LogP contribution < -0.4 is 10.1 Å². The molecule has 0 aliphatic heterocycles. The van der Waals surface area contributed by atoms with E-state index >= 15 is 0 Å². The number of ether oxygens (including phenoxy) is 1. The molecule has 0 bridgehead atoms. The number of pyridine rings is 1. The van der Waals surface area contributed by atoms with Gasteiger partial charge in [-0.2, -0.15) is 0 Å². The van der Waals surface area contributed by atoms with Crippen LogP contribution in [0.2, 0.25) is 0 Å². The number of benzene rings is 2. The van der Waals surface area contributed by atoms with Crippen LogP contribution >= 0.6 is 0 Å². The highest BCUT2D eigenvalue weighted by Crippen LogP contribution is 2.43. The molecule has 0 amide bonds. The van der Waals surface area contributed by atoms with Crippen LogP contribution in [0.5, 0.6) is 5.75 Å². The summed E-state index contributed by atoms with van der Waals surface area (Å²) in [5, 5.41) is 5.28. The summed E-state index contributed by atoms with van der Waals surface area (Å²) in [6.07, 6.45) is 5.43. The van der Waals surface area contributed by atoms with E-state index in [1.54, 1.807) is 25.4 Å². The predicted molar refractivity (Wildman–Crippen MR) is 104 cm³/mol. The van der Waals surface area contributed by atoms with Crippen LogP contribution in [-0.4, -0.2) is 12.1 Å². The van der Waals surface area contributed by atoms with Crippen molar-refractivity contribution in [3.05, 3.63) is 59.8 Å². The number of halogens is 2. The van der Waals surface area contributed by atoms with Gasteiger partial charge in [0.25, 0.3) is 5.92 Å². The Morgan fingerprint density at radius 3 is 2.44 bits per heavy atom. The van der Waals surface area contributed by atoms with Crippen LogP contribution in [0.15, 0.2) is 48.7 Å². The summed E-state index contributed by atoms with van der Waals surface area (Å²) < 4.78 is 32.4. The number of hydrogen-bond acceptors (Lipinski definition) is 3. The molecule has 27 heavy (non-hydrogen) atoms. The molecule has 1 N–H and O–H groups in total. The number of rotatable bonds is 5. The van der Waals surface area contributed by atoms with Crippen LogP contribution in [0.3, 0.4) is 0 Å². The molecule has 0 saturated heterocycles. The highest BCUT2D eigenvalue weighted by Gasteiger charge is 2.25. The minimum Gasteiger partial charge on any atom is -0.496 e. The fourth-order valence-corrected chi connectivity index (χ4v) is 3.52. The number of methoxy groups -OCH3 is 1. The van der Waals surface area contributed by atoms with E-state index < -0.39 is 5.92 Å². The zero-order chi connectivity index (χ0) is 19.0. The third-order valence-corrected chi connectivity index (χ3v) is 5.31. The molecule has 5 heteroatoms. The maximum atomic E-state index is 13.4. The molecule has 140 valence electrons. The number of hydrogen-bond donors (Lipinski definition) is 1. The number of alkyl halides is 2. The van der Waals surface area contributed by atoms with Gasteiger partial charge in [0, 0.05) is 29.8 Å². The van der Waals surface area contributed by atoms with Crippen LogP contribution in [-0.2, 0) is 5.92 Å². The van der Waals surface area contributed by atoms with Crippen LogP contribution in [0, 0.1) is 0 Å². The van der Waals surface area contributed by atoms with Gasteiger partial charge in [-0.1, -0.05) is 18.6 Å². The maximum Gasteiger partial charge on any atom is 0.270 e. The lowest BCUT2D eigenvalue weighted by atomic mass is 9.79. The average molecular weight is 368 g/mol. The van der Waals surface area contributed by atoms with Crippen LogP contribution in [0.1, 0.15) is 43.2 Å². The largest absolute Gasteiger partial charge is 0.496 e. The lowest BCUT2D eigenvalue weighted by Crippen LogP contribution is -2.10. The molecule has 1 fully saturated rings. The highest BCUT2D eigenvalue weighted by molar-refractivity contribution is 5.95. The van der Waals surface area contributed by atoms with Gasteiger partial charge in [0.05, 0.1) is 7.11 Å². The van der Waals surface area contributed by atoms with E-state index in [2.05, 4.69) is 16.4 Å². The Kier molecular flexibility index (Phi) is 4.46. The fourth-order valence-electron chi connectivity index (χ4n) is 3.52. The lowest BCUT2D eigenvalue weighted by molar-refractivity contribution is 0.0175. The monoisotopic (exact) mass is 368 g/mol. The summed E-state index contributed by atoms with van der Waals surface area (Å²) in [7, 11) is 1.69. The molecular weight excluding hydrogens is 346 g/mol. The molecule has 4 rings (SSSR count). The Morgan fingerprint density at radius 2 is 1.85 bits per heavy atom. The van der Waals surface area contributed by atoms with E-state index in [0.717, 1.165) is 23.4 Å². The molecule has 3 aromatic rings. The molecular formula is C22H22F2N2O. The zero-order valence-corrected chi connectivity index (χ0v) is 15.4. The van der Waals surface area contributed by atoms with Crippen molar-refractivity contribution in [2.24, 2.45) is 0 Å². The Labute approximate surface area is 157 Å². The quantitative estimate of drug-likeness (QED) is 0.568. The zero-order valence-electron chi connectivity index (χ0n) is 15.4.